The van der Waals surface area contributed by atoms with Crippen LogP contribution in [0.2, 0.25) is 0 Å². The van der Waals surface area contributed by atoms with Crippen molar-refractivity contribution in [3.05, 3.63) is 24.4 Å². The van der Waals surface area contributed by atoms with Crippen LogP contribution < -0.4 is 0 Å². The lowest BCUT2D eigenvalue weighted by Gasteiger charge is -2.21. The van der Waals surface area contributed by atoms with Crippen LogP contribution >= 0.6 is 0 Å². The number of rotatable bonds is 3. The summed E-state index contributed by atoms with van der Waals surface area (Å²) in [7, 11) is 0. The van der Waals surface area contributed by atoms with Crippen molar-refractivity contribution in [1.82, 2.24) is 29.8 Å². The molecule has 1 aliphatic rings. The summed E-state index contributed by atoms with van der Waals surface area (Å²) in [6.45, 7) is 2.64. The zero-order chi connectivity index (χ0) is 13.2. The summed E-state index contributed by atoms with van der Waals surface area (Å²) in [5, 5.41) is 7.85. The molecule has 0 saturated carbocycles. The van der Waals surface area contributed by atoms with E-state index in [0.29, 0.717) is 18.3 Å². The molecular weight excluding hydrogens is 248 g/mol. The third kappa shape index (κ3) is 2.33. The molecule has 3 heterocycles. The van der Waals surface area contributed by atoms with Gasteiger partial charge in [0.15, 0.2) is 5.82 Å². The monoisotopic (exact) mass is 262 g/mol. The van der Waals surface area contributed by atoms with Crippen molar-refractivity contribution in [2.75, 3.05) is 6.54 Å². The predicted molar refractivity (Wildman–Crippen MR) is 62.7 cm³/mol. The van der Waals surface area contributed by atoms with Gasteiger partial charge >= 0.3 is 0 Å². The highest BCUT2D eigenvalue weighted by atomic mass is 16.5. The Labute approximate surface area is 109 Å². The van der Waals surface area contributed by atoms with Gasteiger partial charge in [-0.05, 0) is 12.8 Å². The average molecular weight is 262 g/mol. The van der Waals surface area contributed by atoms with Gasteiger partial charge in [-0.25, -0.2) is 9.67 Å². The van der Waals surface area contributed by atoms with Gasteiger partial charge in [0.1, 0.15) is 19.2 Å². The van der Waals surface area contributed by atoms with Crippen LogP contribution in [-0.2, 0) is 11.3 Å². The number of carbonyl (C=O) groups excluding carboxylic acids is 1. The van der Waals surface area contributed by atoms with Crippen LogP contribution in [-0.4, -0.2) is 42.3 Å². The van der Waals surface area contributed by atoms with Gasteiger partial charge in [0, 0.05) is 13.5 Å². The summed E-state index contributed by atoms with van der Waals surface area (Å²) in [4.78, 5) is 22.1. The molecule has 0 bridgehead atoms. The minimum absolute atomic E-state index is 0.00421. The summed E-state index contributed by atoms with van der Waals surface area (Å²) < 4.78 is 6.50. The maximum atomic E-state index is 12.3. The number of nitrogens with zero attached hydrogens (tertiary/aromatic N) is 6. The quantitative estimate of drug-likeness (QED) is 0.792. The smallest absolute Gasteiger partial charge is 0.244 e. The molecule has 1 amide bonds. The molecule has 0 aromatic carbocycles. The van der Waals surface area contributed by atoms with Crippen molar-refractivity contribution in [3.8, 4) is 0 Å². The van der Waals surface area contributed by atoms with E-state index in [4.69, 9.17) is 4.52 Å². The molecule has 0 N–H and O–H groups in total. The first kappa shape index (κ1) is 11.8. The number of likely N-dealkylation sites (tertiary alicyclic amines) is 1. The van der Waals surface area contributed by atoms with E-state index >= 15 is 0 Å². The minimum Gasteiger partial charge on any atom is -0.340 e. The fourth-order valence-electron chi connectivity index (χ4n) is 2.33. The number of hydrogen-bond acceptors (Lipinski definition) is 6. The number of carbonyl (C=O) groups is 1. The maximum Gasteiger partial charge on any atom is 0.244 e. The Balaban J connectivity index is 1.74. The van der Waals surface area contributed by atoms with E-state index in [1.165, 1.54) is 17.3 Å². The molecule has 2 aromatic rings. The second kappa shape index (κ2) is 4.79. The lowest BCUT2D eigenvalue weighted by Crippen LogP contribution is -2.34. The summed E-state index contributed by atoms with van der Waals surface area (Å²) in [5.41, 5.74) is 0. The van der Waals surface area contributed by atoms with Gasteiger partial charge in [-0.1, -0.05) is 5.16 Å². The van der Waals surface area contributed by atoms with Crippen molar-refractivity contribution >= 4 is 5.91 Å². The van der Waals surface area contributed by atoms with Gasteiger partial charge in [-0.15, -0.1) is 0 Å². The third-order valence-corrected chi connectivity index (χ3v) is 3.18. The molecule has 0 spiro atoms. The van der Waals surface area contributed by atoms with Crippen LogP contribution in [0.15, 0.2) is 17.2 Å². The molecule has 3 rings (SSSR count). The van der Waals surface area contributed by atoms with E-state index in [1.54, 1.807) is 11.8 Å². The van der Waals surface area contributed by atoms with Gasteiger partial charge < -0.3 is 9.42 Å². The molecule has 0 unspecified atom stereocenters. The van der Waals surface area contributed by atoms with E-state index in [0.717, 1.165) is 12.8 Å². The fourth-order valence-corrected chi connectivity index (χ4v) is 2.33. The SMILES string of the molecule is Cc1nc([C@H]2CCCN2C(=O)Cn2cncn2)no1. The van der Waals surface area contributed by atoms with Crippen LogP contribution in [0.3, 0.4) is 0 Å². The lowest BCUT2D eigenvalue weighted by molar-refractivity contribution is -0.133. The molecule has 1 saturated heterocycles. The lowest BCUT2D eigenvalue weighted by atomic mass is 10.2. The molecule has 1 atom stereocenters. The molecule has 0 radical (unpaired) electrons. The topological polar surface area (TPSA) is 89.9 Å². The van der Waals surface area contributed by atoms with Gasteiger partial charge in [0.05, 0.1) is 6.04 Å². The average Bonchev–Trinajstić information content (AvgIpc) is 3.07. The number of aromatic nitrogens is 5. The largest absolute Gasteiger partial charge is 0.340 e. The molecule has 0 aliphatic carbocycles. The minimum atomic E-state index is -0.0894. The molecule has 8 nitrogen and oxygen atoms in total. The number of aryl methyl sites for hydroxylation is 1. The second-order valence-corrected chi connectivity index (χ2v) is 4.51. The predicted octanol–water partition coefficient (Wildman–Crippen LogP) is 0.333. The highest BCUT2D eigenvalue weighted by Crippen LogP contribution is 2.30. The van der Waals surface area contributed by atoms with Crippen LogP contribution in [0.25, 0.3) is 0 Å². The maximum absolute atomic E-state index is 12.3. The molecule has 2 aromatic heterocycles. The van der Waals surface area contributed by atoms with Crippen molar-refractivity contribution in [3.63, 3.8) is 0 Å². The van der Waals surface area contributed by atoms with Gasteiger partial charge in [-0.3, -0.25) is 4.79 Å². The molecule has 8 heteroatoms. The number of amides is 1. The van der Waals surface area contributed by atoms with E-state index in [-0.39, 0.29) is 18.5 Å². The van der Waals surface area contributed by atoms with Crippen LogP contribution in [0.4, 0.5) is 0 Å². The number of hydrogen-bond donors (Lipinski definition) is 0. The van der Waals surface area contributed by atoms with Gasteiger partial charge in [-0.2, -0.15) is 10.1 Å². The Bertz CT molecular complexity index is 564. The zero-order valence-corrected chi connectivity index (χ0v) is 10.6. The Morgan fingerprint density at radius 3 is 3.16 bits per heavy atom. The Morgan fingerprint density at radius 2 is 2.47 bits per heavy atom. The molecule has 1 fully saturated rings. The van der Waals surface area contributed by atoms with E-state index < -0.39 is 0 Å². The first-order valence-corrected chi connectivity index (χ1v) is 6.16. The van der Waals surface area contributed by atoms with Crippen LogP contribution in [0, 0.1) is 6.92 Å². The fraction of sp³-hybridized carbons (Fsp3) is 0.545. The second-order valence-electron chi connectivity index (χ2n) is 4.51. The van der Waals surface area contributed by atoms with Crippen molar-refractivity contribution < 1.29 is 9.32 Å². The zero-order valence-electron chi connectivity index (χ0n) is 10.6. The van der Waals surface area contributed by atoms with Crippen LogP contribution in [0.1, 0.15) is 30.6 Å². The standard InChI is InChI=1S/C11H14N6O2/c1-8-14-11(15-19-8)9-3-2-4-17(9)10(18)5-16-7-12-6-13-16/h6-7,9H,2-5H2,1H3/t9-/m1/s1. The first-order chi connectivity index (χ1) is 9.24. The third-order valence-electron chi connectivity index (χ3n) is 3.18. The van der Waals surface area contributed by atoms with E-state index in [1.807, 2.05) is 0 Å². The Kier molecular flexibility index (Phi) is 2.98. The van der Waals surface area contributed by atoms with Gasteiger partial charge in [0.2, 0.25) is 11.8 Å². The highest BCUT2D eigenvalue weighted by molar-refractivity contribution is 5.76. The summed E-state index contributed by atoms with van der Waals surface area (Å²) in [6, 6.07) is -0.0894. The first-order valence-electron chi connectivity index (χ1n) is 6.16. The Morgan fingerprint density at radius 1 is 1.58 bits per heavy atom. The summed E-state index contributed by atoms with van der Waals surface area (Å²) in [5.74, 6) is 1.10. The Hall–Kier alpha value is -2.25. The normalized spacial score (nSPS) is 19.0. The summed E-state index contributed by atoms with van der Waals surface area (Å²) in [6.07, 6.45) is 4.75. The van der Waals surface area contributed by atoms with Crippen molar-refractivity contribution in [2.24, 2.45) is 0 Å². The molecule has 100 valence electrons. The van der Waals surface area contributed by atoms with E-state index in [2.05, 4.69) is 20.2 Å². The molecular formula is C11H14N6O2. The van der Waals surface area contributed by atoms with Gasteiger partial charge in [0.25, 0.3) is 0 Å². The van der Waals surface area contributed by atoms with Crippen molar-refractivity contribution in [2.45, 2.75) is 32.4 Å². The summed E-state index contributed by atoms with van der Waals surface area (Å²) >= 11 is 0. The highest BCUT2D eigenvalue weighted by Gasteiger charge is 2.33. The molecule has 1 aliphatic heterocycles. The van der Waals surface area contributed by atoms with Crippen molar-refractivity contribution in [1.29, 1.82) is 0 Å². The van der Waals surface area contributed by atoms with E-state index in [9.17, 15) is 4.79 Å². The van der Waals surface area contributed by atoms with Crippen LogP contribution in [0.5, 0.6) is 0 Å². The molecule has 19 heavy (non-hydrogen) atoms.